The first-order chi connectivity index (χ1) is 25.4. The van der Waals surface area contributed by atoms with E-state index in [9.17, 15) is 28.2 Å². The Morgan fingerprint density at radius 2 is 1.79 bits per heavy atom. The number of nitrogens with one attached hydrogen (secondary N) is 1. The van der Waals surface area contributed by atoms with E-state index >= 15 is 0 Å². The topological polar surface area (TPSA) is 167 Å². The summed E-state index contributed by atoms with van der Waals surface area (Å²) in [6, 6.07) is 11.9. The number of amides is 2. The molecule has 14 heteroatoms. The third-order valence-electron chi connectivity index (χ3n) is 11.2. The molecule has 0 aromatic heterocycles. The van der Waals surface area contributed by atoms with Crippen molar-refractivity contribution >= 4 is 22.0 Å². The van der Waals surface area contributed by atoms with Crippen LogP contribution in [0.4, 0.5) is 4.79 Å². The van der Waals surface area contributed by atoms with Crippen LogP contribution in [0, 0.1) is 17.3 Å². The summed E-state index contributed by atoms with van der Waals surface area (Å²) in [4.78, 5) is 26.6. The zero-order valence-electron chi connectivity index (χ0n) is 30.8. The Hall–Kier alpha value is -3.43. The maximum absolute atomic E-state index is 14.5. The van der Waals surface area contributed by atoms with E-state index in [1.165, 1.54) is 42.1 Å². The van der Waals surface area contributed by atoms with Crippen molar-refractivity contribution in [3.63, 3.8) is 0 Å². The Morgan fingerprint density at radius 1 is 1.04 bits per heavy atom. The molecular formula is C39H54N3O10S-. The molecule has 0 unspecified atom stereocenters. The SMILES string of the molecule is CC(C)(CCCNC(=O)CCC1CCCC1)CN(C[C@@H](O)[C@H](Cc1ccccc1)N(C(=O)[O-])[C@H]1CO[C@H]2OCC[C@H]21)S(=O)(=O)c1ccc2c(c1)OCO2. The number of rotatable bonds is 18. The molecule has 2 amide bonds. The number of carboxylic acid groups (broad SMARTS) is 1. The van der Waals surface area contributed by atoms with Gasteiger partial charge in [0.25, 0.3) is 0 Å². The van der Waals surface area contributed by atoms with Gasteiger partial charge in [-0.25, -0.2) is 8.42 Å². The van der Waals surface area contributed by atoms with Crippen LogP contribution in [-0.4, -0.2) is 98.8 Å². The van der Waals surface area contributed by atoms with Gasteiger partial charge in [-0.3, -0.25) is 4.79 Å². The van der Waals surface area contributed by atoms with Crippen LogP contribution in [0.2, 0.25) is 0 Å². The number of hydrogen-bond acceptors (Lipinski definition) is 10. The number of carbonyl (C=O) groups is 2. The van der Waals surface area contributed by atoms with Gasteiger partial charge >= 0.3 is 0 Å². The molecule has 292 valence electrons. The lowest BCUT2D eigenvalue weighted by Gasteiger charge is -2.43. The fourth-order valence-corrected chi connectivity index (χ4v) is 10.0. The van der Waals surface area contributed by atoms with Crippen LogP contribution in [0.25, 0.3) is 0 Å². The average Bonchev–Trinajstić information content (AvgIpc) is 3.96. The van der Waals surface area contributed by atoms with Crippen LogP contribution in [0.15, 0.2) is 53.4 Å². The normalized spacial score (nSPS) is 22.5. The first kappa shape index (κ1) is 39.3. The molecule has 0 radical (unpaired) electrons. The fraction of sp³-hybridized carbons (Fsp3) is 0.641. The Kier molecular flexibility index (Phi) is 12.9. The van der Waals surface area contributed by atoms with Crippen LogP contribution in [0.1, 0.15) is 77.2 Å². The second-order valence-corrected chi connectivity index (χ2v) is 17.6. The third kappa shape index (κ3) is 9.82. The molecule has 4 aliphatic rings. The van der Waals surface area contributed by atoms with Gasteiger partial charge in [0.15, 0.2) is 17.8 Å². The predicted octanol–water partition coefficient (Wildman–Crippen LogP) is 3.68. The van der Waals surface area contributed by atoms with Crippen molar-refractivity contribution in [2.24, 2.45) is 17.3 Å². The molecule has 2 aromatic rings. The molecule has 0 spiro atoms. The van der Waals surface area contributed by atoms with Crippen LogP contribution < -0.4 is 19.9 Å². The smallest absolute Gasteiger partial charge is 0.243 e. The summed E-state index contributed by atoms with van der Waals surface area (Å²) in [5.41, 5.74) is 0.186. The first-order valence-electron chi connectivity index (χ1n) is 19.0. The summed E-state index contributed by atoms with van der Waals surface area (Å²) in [5, 5.41) is 28.1. The summed E-state index contributed by atoms with van der Waals surface area (Å²) in [6.07, 6.45) is 4.77. The first-order valence-corrected chi connectivity index (χ1v) is 20.5. The fourth-order valence-electron chi connectivity index (χ4n) is 8.36. The van der Waals surface area contributed by atoms with Crippen molar-refractivity contribution in [1.82, 2.24) is 14.5 Å². The molecule has 53 heavy (non-hydrogen) atoms. The van der Waals surface area contributed by atoms with Crippen LogP contribution in [-0.2, 0) is 30.7 Å². The van der Waals surface area contributed by atoms with Crippen molar-refractivity contribution in [3.05, 3.63) is 54.1 Å². The van der Waals surface area contributed by atoms with Crippen molar-refractivity contribution in [2.45, 2.75) is 107 Å². The van der Waals surface area contributed by atoms with E-state index in [0.29, 0.717) is 56.3 Å². The number of ether oxygens (including phenoxy) is 4. The largest absolute Gasteiger partial charge is 0.530 e. The molecule has 6 rings (SSSR count). The van der Waals surface area contributed by atoms with Crippen molar-refractivity contribution in [3.8, 4) is 11.5 Å². The lowest BCUT2D eigenvalue weighted by Crippen LogP contribution is -2.61. The number of hydrogen-bond donors (Lipinski definition) is 2. The summed E-state index contributed by atoms with van der Waals surface area (Å²) < 4.78 is 52.7. The van der Waals surface area contributed by atoms with Gasteiger partial charge in [0.2, 0.25) is 22.7 Å². The zero-order valence-corrected chi connectivity index (χ0v) is 31.6. The summed E-state index contributed by atoms with van der Waals surface area (Å²) in [5.74, 6) is 1.17. The Bertz CT molecular complexity index is 1650. The minimum absolute atomic E-state index is 0.0188. The quantitative estimate of drug-likeness (QED) is 0.214. The number of sulfonamides is 1. The molecule has 5 atom stereocenters. The van der Waals surface area contributed by atoms with Crippen molar-refractivity contribution in [2.75, 3.05) is 39.6 Å². The minimum atomic E-state index is -4.25. The van der Waals surface area contributed by atoms with E-state index in [1.807, 2.05) is 44.2 Å². The van der Waals surface area contributed by atoms with E-state index in [0.717, 1.165) is 16.9 Å². The second-order valence-electron chi connectivity index (χ2n) is 15.7. The molecule has 3 heterocycles. The van der Waals surface area contributed by atoms with E-state index in [2.05, 4.69) is 5.32 Å². The number of nitrogens with zero attached hydrogens (tertiary/aromatic N) is 2. The highest BCUT2D eigenvalue weighted by molar-refractivity contribution is 7.89. The van der Waals surface area contributed by atoms with E-state index in [4.69, 9.17) is 18.9 Å². The maximum Gasteiger partial charge on any atom is 0.243 e. The minimum Gasteiger partial charge on any atom is -0.530 e. The van der Waals surface area contributed by atoms with E-state index in [-0.39, 0.29) is 43.1 Å². The lowest BCUT2D eigenvalue weighted by atomic mass is 9.87. The van der Waals surface area contributed by atoms with Gasteiger partial charge in [-0.1, -0.05) is 69.9 Å². The van der Waals surface area contributed by atoms with Gasteiger partial charge in [0.1, 0.15) is 6.09 Å². The molecule has 1 saturated carbocycles. The maximum atomic E-state index is 14.5. The molecule has 1 aliphatic carbocycles. The van der Waals surface area contributed by atoms with Gasteiger partial charge in [-0.05, 0) is 61.1 Å². The Morgan fingerprint density at radius 3 is 2.55 bits per heavy atom. The molecule has 13 nitrogen and oxygen atoms in total. The van der Waals surface area contributed by atoms with E-state index < -0.39 is 52.6 Å². The van der Waals surface area contributed by atoms with Crippen LogP contribution in [0.5, 0.6) is 11.5 Å². The number of fused-ring (bicyclic) bond motifs is 2. The standard InChI is InChI=1S/C39H55N3O10S/c1-39(2,18-8-19-40-36(44)16-13-27-9-6-7-10-27)25-41(53(47,48)29-14-15-34-35(22-29)52-26-51-34)23-33(43)31(21-28-11-4-3-5-12-28)42(38(45)46)32-24-50-37-30(32)17-20-49-37/h3-5,11-12,14-15,22,27,30-33,37,43H,6-10,13,16-21,23-26H2,1-2H3,(H,40,44)(H,45,46)/p-1/t30-,31-,32-,33+,37+/m0/s1. The second kappa shape index (κ2) is 17.4. The molecular weight excluding hydrogens is 703 g/mol. The molecule has 3 aliphatic heterocycles. The Labute approximate surface area is 313 Å². The zero-order chi connectivity index (χ0) is 37.6. The Balaban J connectivity index is 1.21. The predicted molar refractivity (Wildman–Crippen MR) is 193 cm³/mol. The van der Waals surface area contributed by atoms with Crippen molar-refractivity contribution < 1.29 is 47.2 Å². The molecule has 2 N–H and O–H groups in total. The molecule has 2 saturated heterocycles. The summed E-state index contributed by atoms with van der Waals surface area (Å²) in [7, 11) is -4.25. The molecule has 3 fully saturated rings. The highest BCUT2D eigenvalue weighted by atomic mass is 32.2. The summed E-state index contributed by atoms with van der Waals surface area (Å²) >= 11 is 0. The highest BCUT2D eigenvalue weighted by Gasteiger charge is 2.47. The highest BCUT2D eigenvalue weighted by Crippen LogP contribution is 2.38. The van der Waals surface area contributed by atoms with Crippen molar-refractivity contribution in [1.29, 1.82) is 0 Å². The monoisotopic (exact) mass is 756 g/mol. The van der Waals surface area contributed by atoms with Gasteiger partial charge in [0.05, 0.1) is 36.3 Å². The molecule has 2 aromatic carbocycles. The van der Waals surface area contributed by atoms with Crippen LogP contribution >= 0.6 is 0 Å². The van der Waals surface area contributed by atoms with Gasteiger partial charge < -0.3 is 44.2 Å². The number of benzene rings is 2. The van der Waals surface area contributed by atoms with E-state index in [1.54, 1.807) is 6.07 Å². The lowest BCUT2D eigenvalue weighted by molar-refractivity contribution is -0.273. The third-order valence-corrected chi connectivity index (χ3v) is 13.1. The van der Waals surface area contributed by atoms with Gasteiger partial charge in [-0.15, -0.1) is 0 Å². The summed E-state index contributed by atoms with van der Waals surface area (Å²) in [6.45, 7) is 4.48. The molecule has 0 bridgehead atoms. The number of carbonyl (C=O) groups excluding carboxylic acids is 2. The van der Waals surface area contributed by atoms with Gasteiger partial charge in [-0.2, -0.15) is 4.31 Å². The average molecular weight is 757 g/mol. The number of aliphatic hydroxyl groups is 1. The van der Waals surface area contributed by atoms with Crippen LogP contribution in [0.3, 0.4) is 0 Å². The van der Waals surface area contributed by atoms with Gasteiger partial charge in [0, 0.05) is 38.0 Å². The number of aliphatic hydroxyl groups excluding tert-OH is 1.